The second-order valence-electron chi connectivity index (χ2n) is 6.74. The van der Waals surface area contributed by atoms with Crippen molar-refractivity contribution in [2.24, 2.45) is 0 Å². The number of benzene rings is 1. The van der Waals surface area contributed by atoms with E-state index < -0.39 is 10.0 Å². The summed E-state index contributed by atoms with van der Waals surface area (Å²) in [6.45, 7) is 1.68. The summed E-state index contributed by atoms with van der Waals surface area (Å²) in [5, 5.41) is 0. The lowest BCUT2D eigenvalue weighted by Crippen LogP contribution is -2.35. The van der Waals surface area contributed by atoms with E-state index >= 15 is 0 Å². The zero-order valence-electron chi connectivity index (χ0n) is 15.2. The van der Waals surface area contributed by atoms with Gasteiger partial charge in [-0.15, -0.1) is 11.3 Å². The number of hydrogen-bond acceptors (Lipinski definition) is 4. The number of likely N-dealkylation sites (N-methyl/N-ethyl adjacent to an activating group) is 1. The number of sulfonamides is 1. The van der Waals surface area contributed by atoms with E-state index in [1.807, 2.05) is 12.1 Å². The van der Waals surface area contributed by atoms with Gasteiger partial charge in [0.05, 0.1) is 22.2 Å². The number of hydrogen-bond donors (Lipinski definition) is 0. The van der Waals surface area contributed by atoms with Gasteiger partial charge in [0.2, 0.25) is 15.9 Å². The minimum absolute atomic E-state index is 0.0221. The van der Waals surface area contributed by atoms with E-state index in [1.165, 1.54) is 11.3 Å². The topological polar surface area (TPSA) is 57.7 Å². The molecule has 5 nitrogen and oxygen atoms in total. The summed E-state index contributed by atoms with van der Waals surface area (Å²) in [6, 6.07) is 10.4. The molecule has 8 heteroatoms. The molecular formula is C19H23ClN2O3S2. The summed E-state index contributed by atoms with van der Waals surface area (Å²) in [4.78, 5) is 15.4. The lowest BCUT2D eigenvalue weighted by molar-refractivity contribution is -0.129. The first-order chi connectivity index (χ1) is 12.9. The number of rotatable bonds is 6. The maximum absolute atomic E-state index is 12.7. The molecular weight excluding hydrogens is 404 g/mol. The van der Waals surface area contributed by atoms with Crippen LogP contribution in [0.2, 0.25) is 4.34 Å². The molecule has 0 atom stereocenters. The number of piperidine rings is 1. The molecule has 0 aliphatic carbocycles. The quantitative estimate of drug-likeness (QED) is 0.706. The second kappa shape index (κ2) is 8.73. The van der Waals surface area contributed by atoms with Crippen LogP contribution in [0.3, 0.4) is 0 Å². The van der Waals surface area contributed by atoms with Crippen molar-refractivity contribution >= 4 is 38.9 Å². The van der Waals surface area contributed by atoms with Crippen LogP contribution in [-0.4, -0.2) is 43.7 Å². The van der Waals surface area contributed by atoms with Gasteiger partial charge in [-0.2, -0.15) is 4.31 Å². The van der Waals surface area contributed by atoms with Gasteiger partial charge in [0.1, 0.15) is 0 Å². The van der Waals surface area contributed by atoms with E-state index in [1.54, 1.807) is 40.5 Å². The molecule has 1 fully saturated rings. The van der Waals surface area contributed by atoms with E-state index in [2.05, 4.69) is 0 Å². The van der Waals surface area contributed by atoms with E-state index in [0.717, 1.165) is 29.7 Å². The molecule has 0 radical (unpaired) electrons. The molecule has 3 rings (SSSR count). The van der Waals surface area contributed by atoms with Crippen LogP contribution >= 0.6 is 22.9 Å². The van der Waals surface area contributed by atoms with Gasteiger partial charge in [-0.1, -0.05) is 30.2 Å². The van der Waals surface area contributed by atoms with Crippen molar-refractivity contribution in [3.8, 4) is 0 Å². The monoisotopic (exact) mass is 426 g/mol. The fourth-order valence-electron chi connectivity index (χ4n) is 3.10. The number of carbonyl (C=O) groups excluding carboxylic acids is 1. The minimum atomic E-state index is -3.44. The van der Waals surface area contributed by atoms with Crippen LogP contribution in [0.5, 0.6) is 0 Å². The summed E-state index contributed by atoms with van der Waals surface area (Å²) < 4.78 is 27.6. The molecule has 0 saturated carbocycles. The van der Waals surface area contributed by atoms with Crippen molar-refractivity contribution in [1.29, 1.82) is 0 Å². The van der Waals surface area contributed by atoms with Gasteiger partial charge in [0.25, 0.3) is 0 Å². The molecule has 2 heterocycles. The molecule has 1 aliphatic rings. The fraction of sp³-hybridized carbons (Fsp3) is 0.421. The molecule has 146 valence electrons. The van der Waals surface area contributed by atoms with Gasteiger partial charge in [-0.25, -0.2) is 8.42 Å². The zero-order valence-corrected chi connectivity index (χ0v) is 17.6. The molecule has 27 heavy (non-hydrogen) atoms. The van der Waals surface area contributed by atoms with E-state index in [4.69, 9.17) is 11.6 Å². The van der Waals surface area contributed by atoms with Gasteiger partial charge in [-0.3, -0.25) is 4.79 Å². The first-order valence-corrected chi connectivity index (χ1v) is 11.6. The Morgan fingerprint density at radius 1 is 1.11 bits per heavy atom. The van der Waals surface area contributed by atoms with Crippen LogP contribution < -0.4 is 0 Å². The standard InChI is InChI=1S/C19H23ClN2O3S2/c1-21(14-16-7-10-18(20)26-16)19(23)13-15-5-8-17(9-6-15)27(24,25)22-11-3-2-4-12-22/h5-10H,2-4,11-14H2,1H3. The highest BCUT2D eigenvalue weighted by Gasteiger charge is 2.25. The first-order valence-electron chi connectivity index (χ1n) is 8.93. The predicted octanol–water partition coefficient (Wildman–Crippen LogP) is 3.78. The lowest BCUT2D eigenvalue weighted by Gasteiger charge is -2.25. The highest BCUT2D eigenvalue weighted by atomic mass is 35.5. The summed E-state index contributed by atoms with van der Waals surface area (Å²) in [5.41, 5.74) is 0.800. The molecule has 0 spiro atoms. The molecule has 1 aliphatic heterocycles. The lowest BCUT2D eigenvalue weighted by atomic mass is 10.1. The highest BCUT2D eigenvalue weighted by Crippen LogP contribution is 2.23. The average Bonchev–Trinajstić information content (AvgIpc) is 3.07. The molecule has 2 aromatic rings. The molecule has 0 bridgehead atoms. The zero-order chi connectivity index (χ0) is 19.4. The second-order valence-corrected chi connectivity index (χ2v) is 10.5. The maximum Gasteiger partial charge on any atom is 0.243 e. The summed E-state index contributed by atoms with van der Waals surface area (Å²) in [5.74, 6) is -0.0221. The smallest absolute Gasteiger partial charge is 0.243 e. The fourth-order valence-corrected chi connectivity index (χ4v) is 5.76. The van der Waals surface area contributed by atoms with Gasteiger partial charge in [-0.05, 0) is 42.7 Å². The van der Waals surface area contributed by atoms with Crippen LogP contribution in [-0.2, 0) is 27.8 Å². The van der Waals surface area contributed by atoms with Crippen LogP contribution in [0.4, 0.5) is 0 Å². The third kappa shape index (κ3) is 5.10. The molecule has 1 saturated heterocycles. The van der Waals surface area contributed by atoms with Gasteiger partial charge < -0.3 is 4.90 Å². The van der Waals surface area contributed by atoms with Crippen LogP contribution in [0.1, 0.15) is 29.7 Å². The summed E-state index contributed by atoms with van der Waals surface area (Å²) in [7, 11) is -1.68. The normalized spacial score (nSPS) is 15.6. The number of amides is 1. The average molecular weight is 427 g/mol. The number of carbonyl (C=O) groups is 1. The van der Waals surface area contributed by atoms with Crippen molar-refractivity contribution in [1.82, 2.24) is 9.21 Å². The first kappa shape index (κ1) is 20.3. The van der Waals surface area contributed by atoms with Crippen molar-refractivity contribution < 1.29 is 13.2 Å². The summed E-state index contributed by atoms with van der Waals surface area (Å²) >= 11 is 7.38. The Labute approximate surface area is 169 Å². The summed E-state index contributed by atoms with van der Waals surface area (Å²) in [6.07, 6.45) is 3.14. The Balaban J connectivity index is 1.62. The molecule has 0 unspecified atom stereocenters. The largest absolute Gasteiger partial charge is 0.340 e. The third-order valence-corrected chi connectivity index (χ3v) is 7.81. The molecule has 0 N–H and O–H groups in total. The predicted molar refractivity (Wildman–Crippen MR) is 109 cm³/mol. The van der Waals surface area contributed by atoms with Crippen molar-refractivity contribution in [2.75, 3.05) is 20.1 Å². The van der Waals surface area contributed by atoms with Gasteiger partial charge in [0.15, 0.2) is 0 Å². The van der Waals surface area contributed by atoms with Crippen molar-refractivity contribution in [2.45, 2.75) is 37.1 Å². The number of nitrogens with zero attached hydrogens (tertiary/aromatic N) is 2. The van der Waals surface area contributed by atoms with Crippen LogP contribution in [0.15, 0.2) is 41.3 Å². The van der Waals surface area contributed by atoms with Crippen molar-refractivity contribution in [3.63, 3.8) is 0 Å². The Hall–Kier alpha value is -1.41. The molecule has 1 aromatic heterocycles. The highest BCUT2D eigenvalue weighted by molar-refractivity contribution is 7.89. The number of thiophene rings is 1. The third-order valence-electron chi connectivity index (χ3n) is 4.68. The minimum Gasteiger partial charge on any atom is -0.340 e. The molecule has 1 aromatic carbocycles. The SMILES string of the molecule is CN(Cc1ccc(Cl)s1)C(=O)Cc1ccc(S(=O)(=O)N2CCCCC2)cc1. The Morgan fingerprint density at radius 2 is 1.78 bits per heavy atom. The van der Waals surface area contributed by atoms with Gasteiger partial charge >= 0.3 is 0 Å². The number of halogens is 1. The van der Waals surface area contributed by atoms with Gasteiger partial charge in [0, 0.05) is 25.0 Å². The maximum atomic E-state index is 12.7. The Morgan fingerprint density at radius 3 is 2.37 bits per heavy atom. The Kier molecular flexibility index (Phi) is 6.57. The van der Waals surface area contributed by atoms with E-state index in [-0.39, 0.29) is 12.3 Å². The molecule has 1 amide bonds. The van der Waals surface area contributed by atoms with Crippen LogP contribution in [0, 0.1) is 0 Å². The van der Waals surface area contributed by atoms with Crippen LogP contribution in [0.25, 0.3) is 0 Å². The van der Waals surface area contributed by atoms with E-state index in [9.17, 15) is 13.2 Å². The Bertz CT molecular complexity index is 888. The van der Waals surface area contributed by atoms with E-state index in [0.29, 0.717) is 28.9 Å². The van der Waals surface area contributed by atoms with Crippen molar-refractivity contribution in [3.05, 3.63) is 51.2 Å².